The molecule has 2 unspecified atom stereocenters. The van der Waals surface area contributed by atoms with Gasteiger partial charge < -0.3 is 14.8 Å². The molecule has 1 aliphatic carbocycles. The summed E-state index contributed by atoms with van der Waals surface area (Å²) in [6.45, 7) is 5.15. The molecule has 3 nitrogen and oxygen atoms in total. The van der Waals surface area contributed by atoms with Crippen molar-refractivity contribution in [2.45, 2.75) is 63.7 Å². The minimum absolute atomic E-state index is 0.141. The second kappa shape index (κ2) is 5.98. The van der Waals surface area contributed by atoms with Crippen LogP contribution in [-0.2, 0) is 4.74 Å². The van der Waals surface area contributed by atoms with Crippen LogP contribution < -0.4 is 10.1 Å². The highest BCUT2D eigenvalue weighted by Gasteiger charge is 2.43. The third-order valence-corrected chi connectivity index (χ3v) is 5.07. The molecule has 0 amide bonds. The van der Waals surface area contributed by atoms with Crippen molar-refractivity contribution < 1.29 is 9.47 Å². The van der Waals surface area contributed by atoms with Gasteiger partial charge in [0.25, 0.3) is 0 Å². The Morgan fingerprint density at radius 1 is 1.38 bits per heavy atom. The fourth-order valence-corrected chi connectivity index (χ4v) is 3.45. The number of nitrogens with one attached hydrogen (secondary N) is 1. The van der Waals surface area contributed by atoms with E-state index in [0.29, 0.717) is 12.1 Å². The second-order valence-corrected chi connectivity index (χ2v) is 6.67. The van der Waals surface area contributed by atoms with Crippen LogP contribution in [0.25, 0.3) is 0 Å². The summed E-state index contributed by atoms with van der Waals surface area (Å²) in [5, 5.41) is 3.32. The van der Waals surface area contributed by atoms with Crippen molar-refractivity contribution in [2.75, 3.05) is 13.7 Å². The Morgan fingerprint density at radius 3 is 2.86 bits per heavy atom. The maximum atomic E-state index is 6.38. The third-order valence-electron chi connectivity index (χ3n) is 5.07. The number of aryl methyl sites for hydroxylation is 1. The Bertz CT molecular complexity index is 496. The van der Waals surface area contributed by atoms with E-state index >= 15 is 0 Å². The van der Waals surface area contributed by atoms with E-state index in [4.69, 9.17) is 9.47 Å². The van der Waals surface area contributed by atoms with E-state index in [9.17, 15) is 0 Å². The maximum absolute atomic E-state index is 6.38. The topological polar surface area (TPSA) is 30.5 Å². The molecule has 3 heteroatoms. The zero-order valence-corrected chi connectivity index (χ0v) is 13.4. The molecule has 1 saturated carbocycles. The summed E-state index contributed by atoms with van der Waals surface area (Å²) in [6, 6.07) is 6.80. The van der Waals surface area contributed by atoms with Crippen LogP contribution >= 0.6 is 0 Å². The van der Waals surface area contributed by atoms with Gasteiger partial charge in [0.05, 0.1) is 12.2 Å². The van der Waals surface area contributed by atoms with E-state index < -0.39 is 0 Å². The summed E-state index contributed by atoms with van der Waals surface area (Å²) in [7, 11) is 1.99. The van der Waals surface area contributed by atoms with Crippen molar-refractivity contribution in [3.8, 4) is 5.75 Å². The molecule has 1 heterocycles. The summed E-state index contributed by atoms with van der Waals surface area (Å²) < 4.78 is 12.4. The summed E-state index contributed by atoms with van der Waals surface area (Å²) in [5.41, 5.74) is 2.68. The Kier molecular flexibility index (Phi) is 4.23. The Hall–Kier alpha value is -1.06. The fraction of sp³-hybridized carbons (Fsp3) is 0.667. The minimum Gasteiger partial charge on any atom is -0.490 e. The van der Waals surface area contributed by atoms with E-state index in [2.05, 4.69) is 37.4 Å². The van der Waals surface area contributed by atoms with Crippen molar-refractivity contribution in [1.82, 2.24) is 5.32 Å². The smallest absolute Gasteiger partial charge is 0.124 e. The van der Waals surface area contributed by atoms with Gasteiger partial charge in [0.1, 0.15) is 11.9 Å². The van der Waals surface area contributed by atoms with Crippen molar-refractivity contribution in [1.29, 1.82) is 0 Å². The Labute approximate surface area is 128 Å². The van der Waals surface area contributed by atoms with E-state index in [1.807, 2.05) is 7.05 Å². The quantitative estimate of drug-likeness (QED) is 0.915. The minimum atomic E-state index is 0.141. The number of hydrogen-bond donors (Lipinski definition) is 1. The second-order valence-electron chi connectivity index (χ2n) is 6.67. The molecule has 2 aliphatic rings. The first-order valence-electron chi connectivity index (χ1n) is 8.20. The summed E-state index contributed by atoms with van der Waals surface area (Å²) >= 11 is 0. The van der Waals surface area contributed by atoms with Crippen LogP contribution in [0.1, 0.15) is 56.2 Å². The first kappa shape index (κ1) is 14.9. The Morgan fingerprint density at radius 2 is 2.19 bits per heavy atom. The van der Waals surface area contributed by atoms with Gasteiger partial charge in [-0.1, -0.05) is 17.7 Å². The van der Waals surface area contributed by atoms with E-state index in [1.54, 1.807) is 0 Å². The van der Waals surface area contributed by atoms with E-state index in [0.717, 1.165) is 25.2 Å². The lowest BCUT2D eigenvalue weighted by Gasteiger charge is -2.47. The van der Waals surface area contributed by atoms with Gasteiger partial charge in [-0.2, -0.15) is 0 Å². The highest BCUT2D eigenvalue weighted by molar-refractivity contribution is 5.39. The zero-order valence-electron chi connectivity index (χ0n) is 13.4. The van der Waals surface area contributed by atoms with Crippen molar-refractivity contribution >= 4 is 0 Å². The van der Waals surface area contributed by atoms with Crippen LogP contribution in [0.15, 0.2) is 18.2 Å². The van der Waals surface area contributed by atoms with Gasteiger partial charge in [-0.05, 0) is 46.2 Å². The molecular weight excluding hydrogens is 262 g/mol. The SMILES string of the molecule is CNC(C)c1cc(C)ccc1OC1CCOC2(CCC2)C1. The monoisotopic (exact) mass is 289 g/mol. The number of hydrogen-bond acceptors (Lipinski definition) is 3. The summed E-state index contributed by atoms with van der Waals surface area (Å²) in [6.07, 6.45) is 6.07. The molecule has 1 spiro atoms. The summed E-state index contributed by atoms with van der Waals surface area (Å²) in [4.78, 5) is 0. The molecule has 3 rings (SSSR count). The molecular formula is C18H27NO2. The molecule has 0 radical (unpaired) electrons. The lowest BCUT2D eigenvalue weighted by molar-refractivity contribution is -0.153. The molecule has 1 N–H and O–H groups in total. The van der Waals surface area contributed by atoms with Crippen molar-refractivity contribution in [3.63, 3.8) is 0 Å². The predicted octanol–water partition coefficient (Wildman–Crippen LogP) is 3.76. The number of ether oxygens (including phenoxy) is 2. The largest absolute Gasteiger partial charge is 0.490 e. The van der Waals surface area contributed by atoms with Crippen LogP contribution in [0.3, 0.4) is 0 Å². The Balaban J connectivity index is 1.74. The highest BCUT2D eigenvalue weighted by atomic mass is 16.5. The molecule has 1 aliphatic heterocycles. The fourth-order valence-electron chi connectivity index (χ4n) is 3.45. The van der Waals surface area contributed by atoms with Crippen LogP contribution in [0.4, 0.5) is 0 Å². The van der Waals surface area contributed by atoms with Gasteiger partial charge in [-0.3, -0.25) is 0 Å². The number of rotatable bonds is 4. The van der Waals surface area contributed by atoms with Gasteiger partial charge in [0.15, 0.2) is 0 Å². The first-order valence-corrected chi connectivity index (χ1v) is 8.20. The zero-order chi connectivity index (χ0) is 14.9. The normalized spacial score (nSPS) is 25.4. The van der Waals surface area contributed by atoms with E-state index in [1.165, 1.54) is 30.4 Å². The van der Waals surface area contributed by atoms with E-state index in [-0.39, 0.29) is 5.60 Å². The molecule has 2 fully saturated rings. The van der Waals surface area contributed by atoms with Crippen molar-refractivity contribution in [3.05, 3.63) is 29.3 Å². The van der Waals surface area contributed by atoms with Crippen LogP contribution in [0, 0.1) is 6.92 Å². The molecule has 1 saturated heterocycles. The molecule has 21 heavy (non-hydrogen) atoms. The standard InChI is InChI=1S/C18H27NO2/c1-13-5-6-17(16(11-13)14(2)19-3)21-15-7-10-20-18(12-15)8-4-9-18/h5-6,11,14-15,19H,4,7-10,12H2,1-3H3. The van der Waals surface area contributed by atoms with Gasteiger partial charge in [-0.15, -0.1) is 0 Å². The van der Waals surface area contributed by atoms with Gasteiger partial charge in [0, 0.05) is 24.4 Å². The average Bonchev–Trinajstić information content (AvgIpc) is 2.47. The van der Waals surface area contributed by atoms with Gasteiger partial charge in [-0.25, -0.2) is 0 Å². The third kappa shape index (κ3) is 3.09. The molecule has 1 aromatic carbocycles. The molecule has 116 valence electrons. The summed E-state index contributed by atoms with van der Waals surface area (Å²) in [5.74, 6) is 1.03. The number of benzene rings is 1. The van der Waals surface area contributed by atoms with Crippen LogP contribution in [-0.4, -0.2) is 25.4 Å². The van der Waals surface area contributed by atoms with Crippen LogP contribution in [0.5, 0.6) is 5.75 Å². The lowest BCUT2D eigenvalue weighted by atomic mass is 9.74. The predicted molar refractivity (Wildman–Crippen MR) is 84.8 cm³/mol. The molecule has 1 aromatic rings. The highest BCUT2D eigenvalue weighted by Crippen LogP contribution is 2.43. The molecule has 2 atom stereocenters. The van der Waals surface area contributed by atoms with Gasteiger partial charge >= 0.3 is 0 Å². The molecule has 0 bridgehead atoms. The molecule has 0 aromatic heterocycles. The van der Waals surface area contributed by atoms with Crippen molar-refractivity contribution in [2.24, 2.45) is 0 Å². The average molecular weight is 289 g/mol. The lowest BCUT2D eigenvalue weighted by Crippen LogP contribution is -2.48. The maximum Gasteiger partial charge on any atom is 0.124 e. The van der Waals surface area contributed by atoms with Gasteiger partial charge in [0.2, 0.25) is 0 Å². The van der Waals surface area contributed by atoms with Crippen LogP contribution in [0.2, 0.25) is 0 Å². The first-order chi connectivity index (χ1) is 10.1.